The van der Waals surface area contributed by atoms with Gasteiger partial charge in [0.1, 0.15) is 11.5 Å². The monoisotopic (exact) mass is 347 g/mol. The summed E-state index contributed by atoms with van der Waals surface area (Å²) < 4.78 is 5.15. The summed E-state index contributed by atoms with van der Waals surface area (Å²) in [5, 5.41) is 2.84. The van der Waals surface area contributed by atoms with Gasteiger partial charge in [-0.15, -0.1) is 0 Å². The number of hydrogen-bond acceptors (Lipinski definition) is 2. The zero-order valence-corrected chi connectivity index (χ0v) is 13.9. The number of anilines is 1. The van der Waals surface area contributed by atoms with Gasteiger partial charge in [0.15, 0.2) is 0 Å². The van der Waals surface area contributed by atoms with Crippen LogP contribution in [0.4, 0.5) is 5.69 Å². The third kappa shape index (κ3) is 4.60. The maximum atomic E-state index is 11.9. The summed E-state index contributed by atoms with van der Waals surface area (Å²) in [7, 11) is 0. The molecule has 0 aliphatic heterocycles. The summed E-state index contributed by atoms with van der Waals surface area (Å²) in [6.45, 7) is 5.64. The largest absolute Gasteiger partial charge is 0.457 e. The second-order valence-electron chi connectivity index (χ2n) is 5.37. The standard InChI is InChI=1S/C17H18BrNO2/c1-12-4-8-14(9-5-12)21-15-10-6-13(7-11-15)19-16(20)17(2,3)18/h4-11H,1-3H3,(H,19,20). The van der Waals surface area contributed by atoms with E-state index in [1.165, 1.54) is 5.56 Å². The average Bonchev–Trinajstić information content (AvgIpc) is 2.42. The van der Waals surface area contributed by atoms with Crippen molar-refractivity contribution < 1.29 is 9.53 Å². The molecule has 1 amide bonds. The Morgan fingerprint density at radius 2 is 1.48 bits per heavy atom. The van der Waals surface area contributed by atoms with Crippen LogP contribution in [-0.2, 0) is 4.79 Å². The van der Waals surface area contributed by atoms with Crippen molar-refractivity contribution in [1.29, 1.82) is 0 Å². The van der Waals surface area contributed by atoms with Gasteiger partial charge in [0, 0.05) is 5.69 Å². The van der Waals surface area contributed by atoms with Gasteiger partial charge < -0.3 is 10.1 Å². The molecule has 0 bridgehead atoms. The minimum absolute atomic E-state index is 0.0882. The van der Waals surface area contributed by atoms with Crippen molar-refractivity contribution in [3.8, 4) is 11.5 Å². The molecule has 4 heteroatoms. The molecule has 0 saturated heterocycles. The minimum atomic E-state index is -0.593. The summed E-state index contributed by atoms with van der Waals surface area (Å²) in [5.41, 5.74) is 1.93. The van der Waals surface area contributed by atoms with Crippen molar-refractivity contribution in [3.05, 3.63) is 54.1 Å². The summed E-state index contributed by atoms with van der Waals surface area (Å²) in [4.78, 5) is 11.9. The number of rotatable bonds is 4. The molecule has 1 N–H and O–H groups in total. The van der Waals surface area contributed by atoms with Crippen LogP contribution in [0.5, 0.6) is 11.5 Å². The first-order valence-electron chi connectivity index (χ1n) is 6.69. The maximum Gasteiger partial charge on any atom is 0.240 e. The van der Waals surface area contributed by atoms with E-state index in [0.29, 0.717) is 0 Å². The number of halogens is 1. The number of ether oxygens (including phenoxy) is 1. The molecule has 21 heavy (non-hydrogen) atoms. The second-order valence-corrected chi connectivity index (χ2v) is 7.35. The quantitative estimate of drug-likeness (QED) is 0.798. The predicted molar refractivity (Wildman–Crippen MR) is 89.3 cm³/mol. The van der Waals surface area contributed by atoms with E-state index < -0.39 is 4.32 Å². The van der Waals surface area contributed by atoms with Gasteiger partial charge in [-0.25, -0.2) is 0 Å². The molecule has 0 aromatic heterocycles. The van der Waals surface area contributed by atoms with Gasteiger partial charge in [0.25, 0.3) is 0 Å². The van der Waals surface area contributed by atoms with Gasteiger partial charge in [0.05, 0.1) is 4.32 Å². The SMILES string of the molecule is Cc1ccc(Oc2ccc(NC(=O)C(C)(C)Br)cc2)cc1. The summed E-state index contributed by atoms with van der Waals surface area (Å²) in [6.07, 6.45) is 0. The van der Waals surface area contributed by atoms with Crippen LogP contribution < -0.4 is 10.1 Å². The fourth-order valence-corrected chi connectivity index (χ4v) is 1.73. The molecule has 2 rings (SSSR count). The highest BCUT2D eigenvalue weighted by atomic mass is 79.9. The van der Waals surface area contributed by atoms with Gasteiger partial charge in [0.2, 0.25) is 5.91 Å². The highest BCUT2D eigenvalue weighted by molar-refractivity contribution is 9.10. The Balaban J connectivity index is 2.02. The molecular weight excluding hydrogens is 330 g/mol. The topological polar surface area (TPSA) is 38.3 Å². The molecule has 110 valence electrons. The molecule has 3 nitrogen and oxygen atoms in total. The van der Waals surface area contributed by atoms with Crippen molar-refractivity contribution in [3.63, 3.8) is 0 Å². The molecule has 2 aromatic carbocycles. The van der Waals surface area contributed by atoms with Crippen LogP contribution in [0.15, 0.2) is 48.5 Å². The van der Waals surface area contributed by atoms with E-state index in [1.807, 2.05) is 55.5 Å². The van der Waals surface area contributed by atoms with Crippen LogP contribution in [-0.4, -0.2) is 10.2 Å². The number of carbonyl (C=O) groups excluding carboxylic acids is 1. The van der Waals surface area contributed by atoms with Gasteiger partial charge in [-0.2, -0.15) is 0 Å². The lowest BCUT2D eigenvalue weighted by atomic mass is 10.2. The normalized spacial score (nSPS) is 11.0. The van der Waals surface area contributed by atoms with Crippen LogP contribution in [0.1, 0.15) is 19.4 Å². The Labute approximate surface area is 133 Å². The highest BCUT2D eigenvalue weighted by Gasteiger charge is 2.23. The van der Waals surface area contributed by atoms with Gasteiger partial charge in [-0.1, -0.05) is 33.6 Å². The van der Waals surface area contributed by atoms with Gasteiger partial charge in [-0.3, -0.25) is 4.79 Å². The number of alkyl halides is 1. The van der Waals surface area contributed by atoms with Crippen molar-refractivity contribution in [2.24, 2.45) is 0 Å². The van der Waals surface area contributed by atoms with Crippen LogP contribution in [0.2, 0.25) is 0 Å². The molecule has 0 fully saturated rings. The average molecular weight is 348 g/mol. The van der Waals surface area contributed by atoms with E-state index >= 15 is 0 Å². The van der Waals surface area contributed by atoms with Gasteiger partial charge in [-0.05, 0) is 57.2 Å². The smallest absolute Gasteiger partial charge is 0.240 e. The number of nitrogens with one attached hydrogen (secondary N) is 1. The molecule has 2 aromatic rings. The maximum absolute atomic E-state index is 11.9. The van der Waals surface area contributed by atoms with Crippen molar-refractivity contribution >= 4 is 27.5 Å². The Morgan fingerprint density at radius 1 is 1.00 bits per heavy atom. The fraction of sp³-hybridized carbons (Fsp3) is 0.235. The first-order valence-corrected chi connectivity index (χ1v) is 7.49. The predicted octanol–water partition coefficient (Wildman–Crippen LogP) is 4.90. The first kappa shape index (κ1) is 15.6. The van der Waals surface area contributed by atoms with E-state index in [0.717, 1.165) is 17.2 Å². The summed E-state index contributed by atoms with van der Waals surface area (Å²) in [6, 6.07) is 15.2. The first-order chi connectivity index (χ1) is 9.84. The third-order valence-corrected chi connectivity index (χ3v) is 3.27. The van der Waals surface area contributed by atoms with Crippen molar-refractivity contribution in [2.75, 3.05) is 5.32 Å². The number of aryl methyl sites for hydroxylation is 1. The molecular formula is C17H18BrNO2. The Kier molecular flexibility index (Phi) is 4.68. The molecule has 0 spiro atoms. The zero-order valence-electron chi connectivity index (χ0n) is 12.3. The highest BCUT2D eigenvalue weighted by Crippen LogP contribution is 2.24. The van der Waals surface area contributed by atoms with Crippen LogP contribution in [0, 0.1) is 6.92 Å². The summed E-state index contributed by atoms with van der Waals surface area (Å²) >= 11 is 3.33. The Hall–Kier alpha value is -1.81. The molecule has 0 heterocycles. The molecule has 0 unspecified atom stereocenters. The zero-order chi connectivity index (χ0) is 15.5. The number of hydrogen-bond donors (Lipinski definition) is 1. The van der Waals surface area contributed by atoms with Crippen molar-refractivity contribution in [1.82, 2.24) is 0 Å². The van der Waals surface area contributed by atoms with Gasteiger partial charge >= 0.3 is 0 Å². The lowest BCUT2D eigenvalue weighted by Gasteiger charge is -2.16. The number of benzene rings is 2. The second kappa shape index (κ2) is 6.31. The minimum Gasteiger partial charge on any atom is -0.457 e. The Bertz CT molecular complexity index is 613. The molecule has 0 atom stereocenters. The van der Waals surface area contributed by atoms with E-state index in [2.05, 4.69) is 21.2 Å². The number of amides is 1. The van der Waals surface area contributed by atoms with Crippen LogP contribution >= 0.6 is 15.9 Å². The molecule has 0 saturated carbocycles. The molecule has 0 aliphatic carbocycles. The van der Waals surface area contributed by atoms with Crippen molar-refractivity contribution in [2.45, 2.75) is 25.1 Å². The van der Waals surface area contributed by atoms with E-state index in [-0.39, 0.29) is 5.91 Å². The number of carbonyl (C=O) groups is 1. The third-order valence-electron chi connectivity index (χ3n) is 2.91. The fourth-order valence-electron chi connectivity index (χ4n) is 1.63. The van der Waals surface area contributed by atoms with E-state index in [9.17, 15) is 4.79 Å². The van der Waals surface area contributed by atoms with E-state index in [4.69, 9.17) is 4.74 Å². The Morgan fingerprint density at radius 3 is 1.95 bits per heavy atom. The lowest BCUT2D eigenvalue weighted by molar-refractivity contribution is -0.117. The molecule has 0 aliphatic rings. The molecule has 0 radical (unpaired) electrons. The van der Waals surface area contributed by atoms with E-state index in [1.54, 1.807) is 13.8 Å². The van der Waals surface area contributed by atoms with Crippen LogP contribution in [0.25, 0.3) is 0 Å². The van der Waals surface area contributed by atoms with Crippen LogP contribution in [0.3, 0.4) is 0 Å². The lowest BCUT2D eigenvalue weighted by Crippen LogP contribution is -2.30. The summed E-state index contributed by atoms with van der Waals surface area (Å²) in [5.74, 6) is 1.43.